The Hall–Kier alpha value is -0.780. The number of hydrogen-bond acceptors (Lipinski definition) is 4. The van der Waals surface area contributed by atoms with Gasteiger partial charge in [-0.25, -0.2) is 0 Å². The minimum atomic E-state index is -0.795. The third-order valence-electron chi connectivity index (χ3n) is 2.50. The molecule has 4 nitrogen and oxygen atoms in total. The van der Waals surface area contributed by atoms with E-state index in [4.69, 9.17) is 15.2 Å². The van der Waals surface area contributed by atoms with Crippen LogP contribution in [0.4, 0.5) is 0 Å². The van der Waals surface area contributed by atoms with Crippen molar-refractivity contribution in [2.75, 3.05) is 14.2 Å². The second-order valence-electron chi connectivity index (χ2n) is 4.45. The van der Waals surface area contributed by atoms with E-state index in [1.165, 1.54) is 0 Å². The molecule has 0 radical (unpaired) electrons. The molecule has 0 amide bonds. The van der Waals surface area contributed by atoms with Crippen LogP contribution in [0.5, 0.6) is 11.5 Å². The second kappa shape index (κ2) is 5.25. The Labute approximate surface area is 110 Å². The van der Waals surface area contributed by atoms with Crippen molar-refractivity contribution in [3.63, 3.8) is 0 Å². The first-order valence-electron chi connectivity index (χ1n) is 5.19. The normalized spacial score (nSPS) is 13.4. The van der Waals surface area contributed by atoms with Gasteiger partial charge in [-0.15, -0.1) is 0 Å². The summed E-state index contributed by atoms with van der Waals surface area (Å²) in [6, 6.07) is 3.48. The number of benzene rings is 1. The quantitative estimate of drug-likeness (QED) is 0.895. The van der Waals surface area contributed by atoms with Crippen molar-refractivity contribution >= 4 is 15.9 Å². The summed E-state index contributed by atoms with van der Waals surface area (Å²) < 4.78 is 11.1. The predicted octanol–water partition coefficient (Wildman–Crippen LogP) is 2.24. The molecule has 0 aromatic heterocycles. The molecule has 5 heteroatoms. The van der Waals surface area contributed by atoms with E-state index in [-0.39, 0.29) is 0 Å². The first-order chi connectivity index (χ1) is 7.81. The molecule has 17 heavy (non-hydrogen) atoms. The minimum absolute atomic E-state index is 0.564. The summed E-state index contributed by atoms with van der Waals surface area (Å²) in [6.07, 6.45) is -0.795. The molecule has 0 saturated heterocycles. The van der Waals surface area contributed by atoms with E-state index in [0.717, 1.165) is 4.47 Å². The van der Waals surface area contributed by atoms with Crippen LogP contribution in [-0.4, -0.2) is 24.9 Å². The first kappa shape index (κ1) is 14.3. The summed E-state index contributed by atoms with van der Waals surface area (Å²) in [6.45, 7) is 3.53. The smallest absolute Gasteiger partial charge is 0.161 e. The summed E-state index contributed by atoms with van der Waals surface area (Å²) in [5.41, 5.74) is 5.84. The SMILES string of the molecule is COc1cc(Br)c(C(O)C(C)(C)N)cc1OC. The number of hydrogen-bond donors (Lipinski definition) is 2. The molecule has 0 saturated carbocycles. The number of aliphatic hydroxyl groups is 1. The van der Waals surface area contributed by atoms with Gasteiger partial charge in [0.25, 0.3) is 0 Å². The van der Waals surface area contributed by atoms with E-state index >= 15 is 0 Å². The Bertz CT molecular complexity index is 401. The van der Waals surface area contributed by atoms with Gasteiger partial charge in [-0.3, -0.25) is 0 Å². The molecule has 0 heterocycles. The zero-order chi connectivity index (χ0) is 13.2. The molecular weight excluding hydrogens is 286 g/mol. The zero-order valence-corrected chi connectivity index (χ0v) is 12.0. The van der Waals surface area contributed by atoms with Gasteiger partial charge in [0.2, 0.25) is 0 Å². The Kier molecular flexibility index (Phi) is 4.41. The molecule has 1 atom stereocenters. The zero-order valence-electron chi connectivity index (χ0n) is 10.5. The molecule has 1 unspecified atom stereocenters. The molecule has 1 rings (SSSR count). The van der Waals surface area contributed by atoms with E-state index in [9.17, 15) is 5.11 Å². The summed E-state index contributed by atoms with van der Waals surface area (Å²) in [7, 11) is 3.11. The lowest BCUT2D eigenvalue weighted by Crippen LogP contribution is -2.39. The van der Waals surface area contributed by atoms with Crippen LogP contribution in [-0.2, 0) is 0 Å². The molecule has 0 bridgehead atoms. The molecule has 1 aromatic carbocycles. The third kappa shape index (κ3) is 3.12. The molecule has 3 N–H and O–H groups in total. The molecule has 0 aliphatic heterocycles. The van der Waals surface area contributed by atoms with Crippen LogP contribution >= 0.6 is 15.9 Å². The van der Waals surface area contributed by atoms with E-state index < -0.39 is 11.6 Å². The highest BCUT2D eigenvalue weighted by Crippen LogP contribution is 2.38. The summed E-state index contributed by atoms with van der Waals surface area (Å²) in [4.78, 5) is 0. The van der Waals surface area contributed by atoms with Crippen molar-refractivity contribution in [1.82, 2.24) is 0 Å². The number of methoxy groups -OCH3 is 2. The van der Waals surface area contributed by atoms with E-state index in [2.05, 4.69) is 15.9 Å². The van der Waals surface area contributed by atoms with Gasteiger partial charge in [-0.05, 0) is 26.0 Å². The van der Waals surface area contributed by atoms with Gasteiger partial charge in [0.1, 0.15) is 0 Å². The van der Waals surface area contributed by atoms with Crippen LogP contribution in [0.1, 0.15) is 25.5 Å². The van der Waals surface area contributed by atoms with Crippen LogP contribution in [0.25, 0.3) is 0 Å². The average molecular weight is 304 g/mol. The van der Waals surface area contributed by atoms with Gasteiger partial charge in [0.15, 0.2) is 11.5 Å². The van der Waals surface area contributed by atoms with E-state index in [1.807, 2.05) is 0 Å². The highest BCUT2D eigenvalue weighted by atomic mass is 79.9. The molecule has 0 spiro atoms. The fraction of sp³-hybridized carbons (Fsp3) is 0.500. The Morgan fingerprint density at radius 2 is 1.71 bits per heavy atom. The van der Waals surface area contributed by atoms with Crippen LogP contribution < -0.4 is 15.2 Å². The second-order valence-corrected chi connectivity index (χ2v) is 5.31. The average Bonchev–Trinajstić information content (AvgIpc) is 2.26. The number of rotatable bonds is 4. The maximum absolute atomic E-state index is 10.2. The van der Waals surface area contributed by atoms with Gasteiger partial charge < -0.3 is 20.3 Å². The number of aliphatic hydroxyl groups excluding tert-OH is 1. The maximum Gasteiger partial charge on any atom is 0.161 e. The highest BCUT2D eigenvalue weighted by Gasteiger charge is 2.27. The van der Waals surface area contributed by atoms with Gasteiger partial charge in [0, 0.05) is 15.6 Å². The number of halogens is 1. The fourth-order valence-electron chi connectivity index (χ4n) is 1.48. The summed E-state index contributed by atoms with van der Waals surface area (Å²) >= 11 is 3.39. The van der Waals surface area contributed by atoms with Crippen LogP contribution in [0.15, 0.2) is 16.6 Å². The lowest BCUT2D eigenvalue weighted by molar-refractivity contribution is 0.103. The van der Waals surface area contributed by atoms with Crippen molar-refractivity contribution in [3.05, 3.63) is 22.2 Å². The Balaban J connectivity index is 3.26. The molecule has 0 aliphatic rings. The van der Waals surface area contributed by atoms with Crippen LogP contribution in [0.2, 0.25) is 0 Å². The molecule has 0 aliphatic carbocycles. The van der Waals surface area contributed by atoms with Crippen LogP contribution in [0, 0.1) is 0 Å². The van der Waals surface area contributed by atoms with Gasteiger partial charge in [-0.1, -0.05) is 15.9 Å². The van der Waals surface area contributed by atoms with Crippen LogP contribution in [0.3, 0.4) is 0 Å². The van der Waals surface area contributed by atoms with Crippen molar-refractivity contribution < 1.29 is 14.6 Å². The van der Waals surface area contributed by atoms with Crippen molar-refractivity contribution in [3.8, 4) is 11.5 Å². The van der Waals surface area contributed by atoms with E-state index in [0.29, 0.717) is 17.1 Å². The molecule has 0 fully saturated rings. The van der Waals surface area contributed by atoms with Crippen molar-refractivity contribution in [2.24, 2.45) is 5.73 Å². The highest BCUT2D eigenvalue weighted by molar-refractivity contribution is 9.10. The fourth-order valence-corrected chi connectivity index (χ4v) is 2.02. The number of nitrogens with two attached hydrogens (primary N) is 1. The first-order valence-corrected chi connectivity index (χ1v) is 5.99. The third-order valence-corrected chi connectivity index (χ3v) is 3.19. The predicted molar refractivity (Wildman–Crippen MR) is 70.5 cm³/mol. The Morgan fingerprint density at radius 3 is 2.12 bits per heavy atom. The van der Waals surface area contributed by atoms with Gasteiger partial charge in [-0.2, -0.15) is 0 Å². The lowest BCUT2D eigenvalue weighted by atomic mass is 9.92. The van der Waals surface area contributed by atoms with Crippen molar-refractivity contribution in [1.29, 1.82) is 0 Å². The van der Waals surface area contributed by atoms with Crippen molar-refractivity contribution in [2.45, 2.75) is 25.5 Å². The molecular formula is C12H18BrNO3. The van der Waals surface area contributed by atoms with Gasteiger partial charge >= 0.3 is 0 Å². The maximum atomic E-state index is 10.2. The lowest BCUT2D eigenvalue weighted by Gasteiger charge is -2.27. The summed E-state index contributed by atoms with van der Waals surface area (Å²) in [5, 5.41) is 10.2. The minimum Gasteiger partial charge on any atom is -0.493 e. The van der Waals surface area contributed by atoms with E-state index in [1.54, 1.807) is 40.2 Å². The standard InChI is InChI=1S/C12H18BrNO3/c1-12(2,14)11(15)7-5-9(16-3)10(17-4)6-8(7)13/h5-6,11,15H,14H2,1-4H3. The topological polar surface area (TPSA) is 64.7 Å². The Morgan fingerprint density at radius 1 is 1.24 bits per heavy atom. The van der Waals surface area contributed by atoms with Gasteiger partial charge in [0.05, 0.1) is 20.3 Å². The molecule has 1 aromatic rings. The largest absolute Gasteiger partial charge is 0.493 e. The summed E-state index contributed by atoms with van der Waals surface area (Å²) in [5.74, 6) is 1.17. The number of ether oxygens (including phenoxy) is 2. The molecule has 96 valence electrons. The monoisotopic (exact) mass is 303 g/mol.